The maximum absolute atomic E-state index is 12.2. The number of rotatable bonds is 4. The molecular weight excluding hydrogens is 348 g/mol. The Morgan fingerprint density at radius 3 is 2.52 bits per heavy atom. The van der Waals surface area contributed by atoms with Crippen LogP contribution in [0, 0.1) is 5.92 Å². The molecule has 0 unspecified atom stereocenters. The Bertz CT molecular complexity index is 525. The van der Waals surface area contributed by atoms with Crippen LogP contribution in [0.1, 0.15) is 50.5 Å². The Kier molecular flexibility index (Phi) is 6.18. The highest BCUT2D eigenvalue weighted by Crippen LogP contribution is 2.27. The molecule has 0 radical (unpaired) electrons. The second-order valence-corrected chi connectivity index (χ2v) is 6.96. The molecule has 0 aliphatic heterocycles. The predicted octanol–water partition coefficient (Wildman–Crippen LogP) is 4.38. The van der Waals surface area contributed by atoms with Crippen LogP contribution in [0.15, 0.2) is 22.7 Å². The molecule has 0 aromatic heterocycles. The second-order valence-electron chi connectivity index (χ2n) is 5.67. The van der Waals surface area contributed by atoms with Gasteiger partial charge in [-0.05, 0) is 52.9 Å². The number of anilines is 1. The Balaban J connectivity index is 1.94. The lowest BCUT2D eigenvalue weighted by molar-refractivity contribution is -0.117. The highest BCUT2D eigenvalue weighted by atomic mass is 79.9. The van der Waals surface area contributed by atoms with Gasteiger partial charge >= 0.3 is 0 Å². The predicted molar refractivity (Wildman–Crippen MR) is 94.5 cm³/mol. The van der Waals surface area contributed by atoms with Gasteiger partial charge in [-0.25, -0.2) is 0 Å². The van der Waals surface area contributed by atoms with Crippen molar-refractivity contribution in [3.05, 3.63) is 28.2 Å². The first-order chi connectivity index (χ1) is 10.1. The number of amides is 1. The third-order valence-corrected chi connectivity index (χ3v) is 4.87. The highest BCUT2D eigenvalue weighted by Gasteiger charge is 2.16. The number of halogens is 1. The number of thiocarbonyl (C=S) groups is 1. The van der Waals surface area contributed by atoms with Crippen molar-refractivity contribution < 1.29 is 4.79 Å². The van der Waals surface area contributed by atoms with E-state index in [1.54, 1.807) is 0 Å². The first-order valence-electron chi connectivity index (χ1n) is 7.45. The van der Waals surface area contributed by atoms with Crippen LogP contribution in [-0.4, -0.2) is 10.9 Å². The minimum Gasteiger partial charge on any atom is -0.389 e. The molecule has 114 valence electrons. The van der Waals surface area contributed by atoms with Gasteiger partial charge in [-0.15, -0.1) is 0 Å². The molecule has 1 aromatic rings. The van der Waals surface area contributed by atoms with Crippen molar-refractivity contribution in [2.75, 3.05) is 5.32 Å². The van der Waals surface area contributed by atoms with E-state index in [9.17, 15) is 4.79 Å². The van der Waals surface area contributed by atoms with Gasteiger partial charge in [0.1, 0.15) is 4.99 Å². The van der Waals surface area contributed by atoms with E-state index in [0.29, 0.717) is 17.3 Å². The lowest BCUT2D eigenvalue weighted by atomic mass is 9.96. The molecule has 0 spiro atoms. The molecule has 1 saturated carbocycles. The summed E-state index contributed by atoms with van der Waals surface area (Å²) >= 11 is 8.40. The Morgan fingerprint density at radius 2 is 1.95 bits per heavy atom. The Morgan fingerprint density at radius 1 is 1.29 bits per heavy atom. The second kappa shape index (κ2) is 7.90. The van der Waals surface area contributed by atoms with Gasteiger partial charge in [-0.1, -0.05) is 37.9 Å². The summed E-state index contributed by atoms with van der Waals surface area (Å²) < 4.78 is 0.807. The molecule has 1 amide bonds. The van der Waals surface area contributed by atoms with Crippen LogP contribution in [0.5, 0.6) is 0 Å². The summed E-state index contributed by atoms with van der Waals surface area (Å²) in [6, 6.07) is 5.50. The highest BCUT2D eigenvalue weighted by molar-refractivity contribution is 9.10. The van der Waals surface area contributed by atoms with E-state index in [1.165, 1.54) is 38.5 Å². The van der Waals surface area contributed by atoms with Gasteiger partial charge in [0.15, 0.2) is 0 Å². The van der Waals surface area contributed by atoms with Gasteiger partial charge in [0.25, 0.3) is 0 Å². The van der Waals surface area contributed by atoms with E-state index in [2.05, 4.69) is 21.2 Å². The van der Waals surface area contributed by atoms with Crippen LogP contribution < -0.4 is 11.1 Å². The topological polar surface area (TPSA) is 55.1 Å². The lowest BCUT2D eigenvalue weighted by Crippen LogP contribution is -2.17. The molecule has 2 rings (SSSR count). The fourth-order valence-corrected chi connectivity index (χ4v) is 3.41. The van der Waals surface area contributed by atoms with Gasteiger partial charge in [-0.3, -0.25) is 4.79 Å². The van der Waals surface area contributed by atoms with Crippen LogP contribution in [0.3, 0.4) is 0 Å². The van der Waals surface area contributed by atoms with Crippen LogP contribution >= 0.6 is 28.1 Å². The fraction of sp³-hybridized carbons (Fsp3) is 0.500. The number of nitrogens with two attached hydrogens (primary N) is 1. The van der Waals surface area contributed by atoms with E-state index < -0.39 is 0 Å². The maximum atomic E-state index is 12.2. The molecule has 0 saturated heterocycles. The van der Waals surface area contributed by atoms with E-state index in [-0.39, 0.29) is 5.91 Å². The number of nitrogens with one attached hydrogen (secondary N) is 1. The van der Waals surface area contributed by atoms with Crippen molar-refractivity contribution in [3.8, 4) is 0 Å². The molecule has 1 fully saturated rings. The van der Waals surface area contributed by atoms with Crippen LogP contribution in [0.2, 0.25) is 0 Å². The molecule has 1 aliphatic carbocycles. The lowest BCUT2D eigenvalue weighted by Gasteiger charge is -2.14. The van der Waals surface area contributed by atoms with Crippen LogP contribution in [0.4, 0.5) is 5.69 Å². The molecule has 21 heavy (non-hydrogen) atoms. The molecule has 5 heteroatoms. The average Bonchev–Trinajstić information content (AvgIpc) is 2.69. The third kappa shape index (κ3) is 5.08. The summed E-state index contributed by atoms with van der Waals surface area (Å²) in [4.78, 5) is 12.5. The van der Waals surface area contributed by atoms with Crippen molar-refractivity contribution in [2.45, 2.75) is 44.9 Å². The fourth-order valence-electron chi connectivity index (χ4n) is 2.80. The molecule has 0 atom stereocenters. The van der Waals surface area contributed by atoms with E-state index in [1.807, 2.05) is 18.2 Å². The van der Waals surface area contributed by atoms with Gasteiger partial charge in [0.05, 0.1) is 5.69 Å². The van der Waals surface area contributed by atoms with Crippen molar-refractivity contribution in [1.82, 2.24) is 0 Å². The summed E-state index contributed by atoms with van der Waals surface area (Å²) in [6.07, 6.45) is 8.09. The number of carbonyl (C=O) groups is 1. The van der Waals surface area contributed by atoms with Crippen molar-refractivity contribution in [1.29, 1.82) is 0 Å². The van der Waals surface area contributed by atoms with E-state index >= 15 is 0 Å². The standard InChI is InChI=1S/C16H21BrN2OS/c17-13-10-12(16(18)21)7-8-14(13)19-15(20)9-11-5-3-1-2-4-6-11/h7-8,10-11H,1-6,9H2,(H2,18,21)(H,19,20). The Hall–Kier alpha value is -0.940. The van der Waals surface area contributed by atoms with E-state index in [4.69, 9.17) is 18.0 Å². The van der Waals surface area contributed by atoms with Crippen molar-refractivity contribution in [2.24, 2.45) is 11.7 Å². The molecule has 0 bridgehead atoms. The third-order valence-electron chi connectivity index (χ3n) is 3.98. The number of hydrogen-bond acceptors (Lipinski definition) is 2. The van der Waals surface area contributed by atoms with Crippen molar-refractivity contribution >= 4 is 44.7 Å². The first kappa shape index (κ1) is 16.4. The maximum Gasteiger partial charge on any atom is 0.224 e. The molecule has 1 aromatic carbocycles. The Labute approximate surface area is 139 Å². The zero-order valence-electron chi connectivity index (χ0n) is 12.0. The number of hydrogen-bond donors (Lipinski definition) is 2. The first-order valence-corrected chi connectivity index (χ1v) is 8.65. The van der Waals surface area contributed by atoms with Crippen LogP contribution in [0.25, 0.3) is 0 Å². The van der Waals surface area contributed by atoms with E-state index in [0.717, 1.165) is 15.7 Å². The summed E-state index contributed by atoms with van der Waals surface area (Å²) in [6.45, 7) is 0. The SMILES string of the molecule is NC(=S)c1ccc(NC(=O)CC2CCCCCC2)c(Br)c1. The minimum absolute atomic E-state index is 0.0886. The smallest absolute Gasteiger partial charge is 0.224 e. The number of benzene rings is 1. The van der Waals surface area contributed by atoms with Crippen LogP contribution in [-0.2, 0) is 4.79 Å². The van der Waals surface area contributed by atoms with Gasteiger partial charge in [0, 0.05) is 16.5 Å². The molecule has 3 N–H and O–H groups in total. The minimum atomic E-state index is 0.0886. The number of carbonyl (C=O) groups excluding carboxylic acids is 1. The summed E-state index contributed by atoms with van der Waals surface area (Å²) in [5.41, 5.74) is 7.16. The quantitative estimate of drug-likeness (QED) is 0.612. The average molecular weight is 369 g/mol. The van der Waals surface area contributed by atoms with Gasteiger partial charge in [0.2, 0.25) is 5.91 Å². The van der Waals surface area contributed by atoms with Crippen molar-refractivity contribution in [3.63, 3.8) is 0 Å². The molecule has 0 heterocycles. The van der Waals surface area contributed by atoms with Gasteiger partial charge < -0.3 is 11.1 Å². The molecule has 1 aliphatic rings. The summed E-state index contributed by atoms with van der Waals surface area (Å²) in [5, 5.41) is 2.97. The normalized spacial score (nSPS) is 16.2. The zero-order chi connectivity index (χ0) is 15.2. The summed E-state index contributed by atoms with van der Waals surface area (Å²) in [7, 11) is 0. The summed E-state index contributed by atoms with van der Waals surface area (Å²) in [5.74, 6) is 0.618. The zero-order valence-corrected chi connectivity index (χ0v) is 14.4. The van der Waals surface area contributed by atoms with Gasteiger partial charge in [-0.2, -0.15) is 0 Å². The monoisotopic (exact) mass is 368 g/mol. The largest absolute Gasteiger partial charge is 0.389 e. The molecule has 3 nitrogen and oxygen atoms in total. The molecular formula is C16H21BrN2OS.